The largest absolute Gasteiger partial charge is 0.481 e. The summed E-state index contributed by atoms with van der Waals surface area (Å²) < 4.78 is 12.9. The van der Waals surface area contributed by atoms with E-state index >= 15 is 0 Å². The average molecular weight is 265 g/mol. The van der Waals surface area contributed by atoms with Gasteiger partial charge in [0.25, 0.3) is 0 Å². The second-order valence-electron chi connectivity index (χ2n) is 5.02. The number of rotatable bonds is 5. The van der Waals surface area contributed by atoms with Crippen LogP contribution in [-0.2, 0) is 16.1 Å². The first-order valence-electron chi connectivity index (χ1n) is 6.26. The minimum Gasteiger partial charge on any atom is -0.481 e. The highest BCUT2D eigenvalue weighted by molar-refractivity contribution is 5.85. The van der Waals surface area contributed by atoms with E-state index < -0.39 is 11.4 Å². The number of hydrogen-bond acceptors (Lipinski definition) is 2. The van der Waals surface area contributed by atoms with Crippen molar-refractivity contribution in [2.45, 2.75) is 32.2 Å². The summed E-state index contributed by atoms with van der Waals surface area (Å²) in [5.74, 6) is -1.56. The van der Waals surface area contributed by atoms with Crippen molar-refractivity contribution >= 4 is 11.9 Å². The van der Waals surface area contributed by atoms with E-state index in [4.69, 9.17) is 5.11 Å². The number of aliphatic carboxylic acids is 1. The molecule has 1 amide bonds. The average Bonchev–Trinajstić information content (AvgIpc) is 2.31. The van der Waals surface area contributed by atoms with Crippen LogP contribution in [0.5, 0.6) is 0 Å². The van der Waals surface area contributed by atoms with Crippen LogP contribution in [0.2, 0.25) is 0 Å². The Balaban J connectivity index is 1.86. The van der Waals surface area contributed by atoms with Gasteiger partial charge < -0.3 is 10.4 Å². The maximum Gasteiger partial charge on any atom is 0.310 e. The van der Waals surface area contributed by atoms with Gasteiger partial charge in [-0.2, -0.15) is 0 Å². The van der Waals surface area contributed by atoms with Gasteiger partial charge in [0.1, 0.15) is 5.82 Å². The van der Waals surface area contributed by atoms with Gasteiger partial charge in [-0.05, 0) is 30.5 Å². The Morgan fingerprint density at radius 3 is 2.63 bits per heavy atom. The van der Waals surface area contributed by atoms with Gasteiger partial charge in [0.15, 0.2) is 0 Å². The highest BCUT2D eigenvalue weighted by Gasteiger charge is 2.45. The van der Waals surface area contributed by atoms with Gasteiger partial charge in [-0.25, -0.2) is 4.39 Å². The zero-order chi connectivity index (χ0) is 13.9. The molecular weight excluding hydrogens is 249 g/mol. The van der Waals surface area contributed by atoms with Gasteiger partial charge in [-0.1, -0.05) is 18.6 Å². The first-order chi connectivity index (χ1) is 9.02. The third kappa shape index (κ3) is 3.10. The molecule has 1 fully saturated rings. The summed E-state index contributed by atoms with van der Waals surface area (Å²) in [5.41, 5.74) is -0.224. The quantitative estimate of drug-likeness (QED) is 0.856. The van der Waals surface area contributed by atoms with E-state index in [1.807, 2.05) is 0 Å². The summed E-state index contributed by atoms with van der Waals surface area (Å²) in [6.07, 6.45) is 1.95. The van der Waals surface area contributed by atoms with Crippen molar-refractivity contribution in [2.75, 3.05) is 0 Å². The van der Waals surface area contributed by atoms with Crippen LogP contribution in [0.15, 0.2) is 24.3 Å². The van der Waals surface area contributed by atoms with Crippen molar-refractivity contribution in [1.82, 2.24) is 5.32 Å². The Labute approximate surface area is 110 Å². The van der Waals surface area contributed by atoms with Crippen LogP contribution in [0.25, 0.3) is 0 Å². The molecule has 0 radical (unpaired) electrons. The van der Waals surface area contributed by atoms with Crippen LogP contribution < -0.4 is 5.32 Å². The van der Waals surface area contributed by atoms with E-state index in [2.05, 4.69) is 5.32 Å². The molecule has 0 saturated heterocycles. The predicted molar refractivity (Wildman–Crippen MR) is 66.8 cm³/mol. The maximum atomic E-state index is 12.9. The summed E-state index contributed by atoms with van der Waals surface area (Å²) in [7, 11) is 0. The molecule has 0 heterocycles. The number of amides is 1. The van der Waals surface area contributed by atoms with Crippen molar-refractivity contribution in [1.29, 1.82) is 0 Å². The topological polar surface area (TPSA) is 66.4 Å². The third-order valence-electron chi connectivity index (χ3n) is 3.64. The second kappa shape index (κ2) is 5.38. The van der Waals surface area contributed by atoms with Crippen LogP contribution in [0.4, 0.5) is 4.39 Å². The number of carboxylic acids is 1. The lowest BCUT2D eigenvalue weighted by Crippen LogP contribution is -2.42. The van der Waals surface area contributed by atoms with E-state index in [0.717, 1.165) is 6.42 Å². The number of hydrogen-bond donors (Lipinski definition) is 2. The zero-order valence-electron chi connectivity index (χ0n) is 10.5. The van der Waals surface area contributed by atoms with E-state index in [9.17, 15) is 14.0 Å². The maximum absolute atomic E-state index is 12.9. The van der Waals surface area contributed by atoms with E-state index in [1.54, 1.807) is 12.1 Å². The number of benzene rings is 1. The van der Waals surface area contributed by atoms with Crippen molar-refractivity contribution < 1.29 is 19.1 Å². The standard InChI is InChI=1S/C14H16FNO3/c15-11-4-1-3-10(7-11)9-16-12(17)8-14(13(18)19)5-2-6-14/h1,3-4,7H,2,5-6,8-9H2,(H,16,17)(H,18,19). The predicted octanol–water partition coefficient (Wildman–Crippen LogP) is 2.09. The van der Waals surface area contributed by atoms with Gasteiger partial charge in [0, 0.05) is 13.0 Å². The SMILES string of the molecule is O=C(CC1(C(=O)O)CCC1)NCc1cccc(F)c1. The monoisotopic (exact) mass is 265 g/mol. The molecular formula is C14H16FNO3. The summed E-state index contributed by atoms with van der Waals surface area (Å²) in [6.45, 7) is 0.215. The van der Waals surface area contributed by atoms with Gasteiger partial charge in [-0.3, -0.25) is 9.59 Å². The molecule has 1 saturated carbocycles. The van der Waals surface area contributed by atoms with E-state index in [-0.39, 0.29) is 24.7 Å². The lowest BCUT2D eigenvalue weighted by molar-refractivity contribution is -0.157. The molecule has 1 aliphatic carbocycles. The van der Waals surface area contributed by atoms with Crippen LogP contribution in [0.3, 0.4) is 0 Å². The molecule has 4 nitrogen and oxygen atoms in total. The van der Waals surface area contributed by atoms with Crippen molar-refractivity contribution in [3.8, 4) is 0 Å². The fraction of sp³-hybridized carbons (Fsp3) is 0.429. The smallest absolute Gasteiger partial charge is 0.310 e. The first kappa shape index (κ1) is 13.5. The zero-order valence-corrected chi connectivity index (χ0v) is 10.5. The van der Waals surface area contributed by atoms with Crippen molar-refractivity contribution in [3.63, 3.8) is 0 Å². The minimum atomic E-state index is -0.903. The Morgan fingerprint density at radius 1 is 1.37 bits per heavy atom. The van der Waals surface area contributed by atoms with Gasteiger partial charge in [-0.15, -0.1) is 0 Å². The number of carboxylic acid groups (broad SMARTS) is 1. The number of halogens is 1. The van der Waals surface area contributed by atoms with Crippen molar-refractivity contribution in [3.05, 3.63) is 35.6 Å². The molecule has 2 N–H and O–H groups in total. The molecule has 0 unspecified atom stereocenters. The van der Waals surface area contributed by atoms with Crippen LogP contribution in [0.1, 0.15) is 31.2 Å². The number of carbonyl (C=O) groups excluding carboxylic acids is 1. The fourth-order valence-corrected chi connectivity index (χ4v) is 2.29. The summed E-state index contributed by atoms with van der Waals surface area (Å²) in [4.78, 5) is 22.9. The summed E-state index contributed by atoms with van der Waals surface area (Å²) >= 11 is 0. The number of carbonyl (C=O) groups is 2. The summed E-state index contributed by atoms with van der Waals surface area (Å²) in [5, 5.41) is 11.8. The molecule has 0 atom stereocenters. The highest BCUT2D eigenvalue weighted by atomic mass is 19.1. The highest BCUT2D eigenvalue weighted by Crippen LogP contribution is 2.44. The van der Waals surface area contributed by atoms with Crippen LogP contribution in [0, 0.1) is 11.2 Å². The fourth-order valence-electron chi connectivity index (χ4n) is 2.29. The lowest BCUT2D eigenvalue weighted by Gasteiger charge is -2.36. The Hall–Kier alpha value is -1.91. The second-order valence-corrected chi connectivity index (χ2v) is 5.02. The minimum absolute atomic E-state index is 0.00233. The van der Waals surface area contributed by atoms with E-state index in [1.165, 1.54) is 12.1 Å². The molecule has 0 aliphatic heterocycles. The molecule has 0 bridgehead atoms. The van der Waals surface area contributed by atoms with Gasteiger partial charge in [0.2, 0.25) is 5.91 Å². The molecule has 0 aromatic heterocycles. The Kier molecular flexibility index (Phi) is 3.83. The number of nitrogens with one attached hydrogen (secondary N) is 1. The molecule has 5 heteroatoms. The Bertz CT molecular complexity index is 497. The molecule has 19 heavy (non-hydrogen) atoms. The normalized spacial score (nSPS) is 16.5. The van der Waals surface area contributed by atoms with Crippen molar-refractivity contribution in [2.24, 2.45) is 5.41 Å². The van der Waals surface area contributed by atoms with Gasteiger partial charge >= 0.3 is 5.97 Å². The van der Waals surface area contributed by atoms with Crippen LogP contribution >= 0.6 is 0 Å². The molecule has 1 aromatic carbocycles. The molecule has 2 rings (SSSR count). The van der Waals surface area contributed by atoms with Gasteiger partial charge in [0.05, 0.1) is 5.41 Å². The first-order valence-corrected chi connectivity index (χ1v) is 6.26. The summed E-state index contributed by atoms with van der Waals surface area (Å²) in [6, 6.07) is 5.96. The Morgan fingerprint density at radius 2 is 2.11 bits per heavy atom. The molecule has 1 aromatic rings. The van der Waals surface area contributed by atoms with E-state index in [0.29, 0.717) is 18.4 Å². The van der Waals surface area contributed by atoms with Crippen LogP contribution in [-0.4, -0.2) is 17.0 Å². The third-order valence-corrected chi connectivity index (χ3v) is 3.64. The molecule has 0 spiro atoms. The molecule has 1 aliphatic rings. The lowest BCUT2D eigenvalue weighted by atomic mass is 9.66. The molecule has 102 valence electrons.